The second-order valence-corrected chi connectivity index (χ2v) is 9.73. The Morgan fingerprint density at radius 3 is 1.86 bits per heavy atom. The van der Waals surface area contributed by atoms with Crippen molar-refractivity contribution in [1.29, 1.82) is 0 Å². The Kier molecular flexibility index (Phi) is 10.6. The van der Waals surface area contributed by atoms with Crippen molar-refractivity contribution in [2.45, 2.75) is 50.7 Å². The van der Waals surface area contributed by atoms with Crippen LogP contribution >= 0.6 is 0 Å². The number of aliphatic hydroxyl groups is 1. The summed E-state index contributed by atoms with van der Waals surface area (Å²) in [6.07, 6.45) is -5.89. The van der Waals surface area contributed by atoms with E-state index in [1.807, 2.05) is 6.07 Å². The highest BCUT2D eigenvalue weighted by molar-refractivity contribution is 5.90. The number of hydrogen-bond acceptors (Lipinski definition) is 11. The molecule has 1 saturated heterocycles. The number of esters is 4. The first kappa shape index (κ1) is 31.4. The molecule has 0 saturated carbocycles. The average molecular weight is 593 g/mol. The van der Waals surface area contributed by atoms with Crippen molar-refractivity contribution in [2.75, 3.05) is 13.2 Å². The number of rotatable bonds is 12. The van der Waals surface area contributed by atoms with Crippen LogP contribution in [0.4, 0.5) is 0 Å². The minimum atomic E-state index is -2.02. The summed E-state index contributed by atoms with van der Waals surface area (Å²) in [5.74, 6) is -3.10. The Balaban J connectivity index is 1.77. The van der Waals surface area contributed by atoms with Gasteiger partial charge in [-0.3, -0.25) is 9.59 Å². The van der Waals surface area contributed by atoms with Crippen LogP contribution in [0.5, 0.6) is 0 Å². The van der Waals surface area contributed by atoms with Crippen LogP contribution in [0.2, 0.25) is 0 Å². The van der Waals surface area contributed by atoms with Crippen LogP contribution in [0.1, 0.15) is 40.1 Å². The summed E-state index contributed by atoms with van der Waals surface area (Å²) in [6, 6.07) is 25.1. The molecule has 1 fully saturated rings. The standard InChI is InChI=1S/C32H32O11/c1-21(34)40-27-28(38-19-23-12-6-3-7-13-23)32(43-31(27)41-22(2)35,20-39-29(36)24-14-8-4-9-15-24)26(18-33)42-30(37)25-16-10-5-11-17-25/h3-17,26-28,31,33H,18-20H2,1-2H3/t26-,27+,28+,31-,32+/m0/s1. The molecule has 0 aromatic heterocycles. The summed E-state index contributed by atoms with van der Waals surface area (Å²) < 4.78 is 34.7. The summed E-state index contributed by atoms with van der Waals surface area (Å²) in [5, 5.41) is 10.6. The van der Waals surface area contributed by atoms with Gasteiger partial charge in [0.15, 0.2) is 17.8 Å². The lowest BCUT2D eigenvalue weighted by Crippen LogP contribution is -2.60. The molecule has 0 unspecified atom stereocenters. The third-order valence-corrected chi connectivity index (χ3v) is 6.65. The van der Waals surface area contributed by atoms with E-state index in [0.717, 1.165) is 19.4 Å². The lowest BCUT2D eigenvalue weighted by atomic mass is 9.89. The third kappa shape index (κ3) is 7.83. The number of carbonyl (C=O) groups excluding carboxylic acids is 4. The maximum atomic E-state index is 13.2. The van der Waals surface area contributed by atoms with Gasteiger partial charge in [-0.05, 0) is 29.8 Å². The molecule has 11 heteroatoms. The smallest absolute Gasteiger partial charge is 0.338 e. The molecular weight excluding hydrogens is 560 g/mol. The molecule has 0 spiro atoms. The molecule has 43 heavy (non-hydrogen) atoms. The van der Waals surface area contributed by atoms with Crippen LogP contribution in [0, 0.1) is 0 Å². The number of aliphatic hydroxyl groups excluding tert-OH is 1. The monoisotopic (exact) mass is 592 g/mol. The molecule has 1 aliphatic rings. The van der Waals surface area contributed by atoms with Gasteiger partial charge in [-0.15, -0.1) is 0 Å². The predicted molar refractivity (Wildman–Crippen MR) is 149 cm³/mol. The minimum absolute atomic E-state index is 0.0570. The lowest BCUT2D eigenvalue weighted by molar-refractivity contribution is -0.233. The normalized spacial score (nSPS) is 21.8. The SMILES string of the molecule is CC(=O)O[C@H]1O[C@](COC(=O)c2ccccc2)([C@H](CO)OC(=O)c2ccccc2)[C@H](OCc2ccccc2)[C@H]1OC(C)=O. The fourth-order valence-corrected chi connectivity index (χ4v) is 4.70. The van der Waals surface area contributed by atoms with Gasteiger partial charge in [-0.25, -0.2) is 9.59 Å². The summed E-state index contributed by atoms with van der Waals surface area (Å²) in [4.78, 5) is 50.5. The van der Waals surface area contributed by atoms with E-state index in [2.05, 4.69) is 0 Å². The van der Waals surface area contributed by atoms with Gasteiger partial charge in [0, 0.05) is 13.8 Å². The first-order valence-electron chi connectivity index (χ1n) is 13.5. The fraction of sp³-hybridized carbons (Fsp3) is 0.312. The molecule has 0 amide bonds. The lowest BCUT2D eigenvalue weighted by Gasteiger charge is -2.38. The molecule has 3 aromatic rings. The number of ether oxygens (including phenoxy) is 6. The molecular formula is C32H32O11. The van der Waals surface area contributed by atoms with E-state index in [1.54, 1.807) is 60.7 Å². The quantitative estimate of drug-likeness (QED) is 0.244. The Labute approximate surface area is 248 Å². The van der Waals surface area contributed by atoms with Crippen molar-refractivity contribution in [1.82, 2.24) is 0 Å². The highest BCUT2D eigenvalue weighted by Gasteiger charge is 2.65. The van der Waals surface area contributed by atoms with Gasteiger partial charge in [0.05, 0.1) is 24.3 Å². The molecule has 11 nitrogen and oxygen atoms in total. The molecule has 0 bridgehead atoms. The predicted octanol–water partition coefficient (Wildman–Crippen LogP) is 3.24. The number of benzene rings is 3. The van der Waals surface area contributed by atoms with Crippen LogP contribution in [0.25, 0.3) is 0 Å². The van der Waals surface area contributed by atoms with Crippen molar-refractivity contribution >= 4 is 23.9 Å². The summed E-state index contributed by atoms with van der Waals surface area (Å²) in [5.41, 5.74) is -0.909. The maximum Gasteiger partial charge on any atom is 0.338 e. The summed E-state index contributed by atoms with van der Waals surface area (Å²) in [6.45, 7) is 0.740. The molecule has 0 radical (unpaired) electrons. The topological polar surface area (TPSA) is 144 Å². The van der Waals surface area contributed by atoms with Gasteiger partial charge < -0.3 is 33.5 Å². The van der Waals surface area contributed by atoms with Crippen LogP contribution < -0.4 is 0 Å². The van der Waals surface area contributed by atoms with Crippen molar-refractivity contribution in [3.63, 3.8) is 0 Å². The first-order valence-corrected chi connectivity index (χ1v) is 13.5. The zero-order valence-corrected chi connectivity index (χ0v) is 23.6. The molecule has 5 atom stereocenters. The van der Waals surface area contributed by atoms with Crippen LogP contribution in [-0.4, -0.2) is 72.4 Å². The zero-order chi connectivity index (χ0) is 30.8. The van der Waals surface area contributed by atoms with Gasteiger partial charge in [-0.1, -0.05) is 66.7 Å². The Hall–Kier alpha value is -4.58. The second-order valence-electron chi connectivity index (χ2n) is 9.73. The molecule has 3 aromatic carbocycles. The second kappa shape index (κ2) is 14.5. The fourth-order valence-electron chi connectivity index (χ4n) is 4.70. The average Bonchev–Trinajstić information content (AvgIpc) is 3.29. The highest BCUT2D eigenvalue weighted by Crippen LogP contribution is 2.41. The molecule has 1 aliphatic heterocycles. The van der Waals surface area contributed by atoms with Gasteiger partial charge in [0.1, 0.15) is 12.7 Å². The van der Waals surface area contributed by atoms with E-state index in [0.29, 0.717) is 0 Å². The Bertz CT molecular complexity index is 1380. The van der Waals surface area contributed by atoms with Crippen LogP contribution in [0.15, 0.2) is 91.0 Å². The van der Waals surface area contributed by atoms with Gasteiger partial charge in [0.25, 0.3) is 0 Å². The first-order chi connectivity index (χ1) is 20.7. The van der Waals surface area contributed by atoms with E-state index in [-0.39, 0.29) is 17.7 Å². The van der Waals surface area contributed by atoms with E-state index in [4.69, 9.17) is 28.4 Å². The maximum absolute atomic E-state index is 13.2. The third-order valence-electron chi connectivity index (χ3n) is 6.65. The van der Waals surface area contributed by atoms with E-state index >= 15 is 0 Å². The molecule has 4 rings (SSSR count). The van der Waals surface area contributed by atoms with Crippen LogP contribution in [-0.2, 0) is 44.6 Å². The van der Waals surface area contributed by atoms with Crippen molar-refractivity contribution in [2.24, 2.45) is 0 Å². The van der Waals surface area contributed by atoms with E-state index < -0.39 is 67.3 Å². The summed E-state index contributed by atoms with van der Waals surface area (Å²) >= 11 is 0. The minimum Gasteiger partial charge on any atom is -0.459 e. The van der Waals surface area contributed by atoms with Gasteiger partial charge >= 0.3 is 23.9 Å². The molecule has 0 aliphatic carbocycles. The Morgan fingerprint density at radius 1 is 0.791 bits per heavy atom. The van der Waals surface area contributed by atoms with Crippen molar-refractivity contribution in [3.8, 4) is 0 Å². The Morgan fingerprint density at radius 2 is 1.33 bits per heavy atom. The van der Waals surface area contributed by atoms with E-state index in [1.165, 1.54) is 24.3 Å². The summed E-state index contributed by atoms with van der Waals surface area (Å²) in [7, 11) is 0. The number of hydrogen-bond donors (Lipinski definition) is 1. The number of carbonyl (C=O) groups is 4. The van der Waals surface area contributed by atoms with Crippen LogP contribution in [0.3, 0.4) is 0 Å². The van der Waals surface area contributed by atoms with Gasteiger partial charge in [-0.2, -0.15) is 0 Å². The van der Waals surface area contributed by atoms with Crippen molar-refractivity contribution < 1.29 is 52.7 Å². The van der Waals surface area contributed by atoms with Gasteiger partial charge in [0.2, 0.25) is 6.29 Å². The molecule has 1 N–H and O–H groups in total. The highest BCUT2D eigenvalue weighted by atomic mass is 16.8. The molecule has 1 heterocycles. The zero-order valence-electron chi connectivity index (χ0n) is 23.6. The van der Waals surface area contributed by atoms with E-state index in [9.17, 15) is 24.3 Å². The van der Waals surface area contributed by atoms with Crippen molar-refractivity contribution in [3.05, 3.63) is 108 Å². The largest absolute Gasteiger partial charge is 0.459 e. The molecule has 226 valence electrons.